The smallest absolute Gasteiger partial charge is 0.347 e. The lowest BCUT2D eigenvalue weighted by molar-refractivity contribution is -0.138. The van der Waals surface area contributed by atoms with Crippen LogP contribution < -0.4 is 10.6 Å². The standard InChI is InChI=1S/C16H14F3N3O2/c17-16(18,19)10-21-14(23)9-11-1-3-13(4-2-11)22-15(24)12-5-7-20-8-6-12/h1-8H,9-10H2,(H,21,23)(H,22,24). The van der Waals surface area contributed by atoms with Gasteiger partial charge in [-0.3, -0.25) is 14.6 Å². The minimum Gasteiger partial charge on any atom is -0.347 e. The van der Waals surface area contributed by atoms with Gasteiger partial charge in [-0.15, -0.1) is 0 Å². The minimum atomic E-state index is -4.43. The van der Waals surface area contributed by atoms with Gasteiger partial charge in [-0.25, -0.2) is 0 Å². The van der Waals surface area contributed by atoms with Crippen molar-refractivity contribution in [1.29, 1.82) is 0 Å². The van der Waals surface area contributed by atoms with Gasteiger partial charge >= 0.3 is 6.18 Å². The predicted octanol–water partition coefficient (Wildman–Crippen LogP) is 2.55. The summed E-state index contributed by atoms with van der Waals surface area (Å²) in [6.45, 7) is -1.36. The third-order valence-electron chi connectivity index (χ3n) is 3.00. The number of nitrogens with one attached hydrogen (secondary N) is 2. The molecule has 2 rings (SSSR count). The fraction of sp³-hybridized carbons (Fsp3) is 0.188. The predicted molar refractivity (Wildman–Crippen MR) is 81.4 cm³/mol. The first kappa shape index (κ1) is 17.5. The van der Waals surface area contributed by atoms with E-state index in [4.69, 9.17) is 0 Å². The molecule has 2 amide bonds. The van der Waals surface area contributed by atoms with Gasteiger partial charge in [0, 0.05) is 23.6 Å². The number of aromatic nitrogens is 1. The summed E-state index contributed by atoms with van der Waals surface area (Å²) in [5.74, 6) is -1.03. The molecule has 0 atom stereocenters. The summed E-state index contributed by atoms with van der Waals surface area (Å²) in [6, 6.07) is 9.41. The minimum absolute atomic E-state index is 0.172. The maximum absolute atomic E-state index is 12.0. The first-order valence-electron chi connectivity index (χ1n) is 6.97. The number of rotatable bonds is 5. The van der Waals surface area contributed by atoms with Gasteiger partial charge in [-0.05, 0) is 29.8 Å². The molecule has 2 aromatic rings. The van der Waals surface area contributed by atoms with Gasteiger partial charge < -0.3 is 10.6 Å². The summed E-state index contributed by atoms with van der Waals surface area (Å²) in [7, 11) is 0. The van der Waals surface area contributed by atoms with Crippen molar-refractivity contribution in [2.75, 3.05) is 11.9 Å². The first-order chi connectivity index (χ1) is 11.3. The van der Waals surface area contributed by atoms with Crippen LogP contribution in [-0.4, -0.2) is 29.5 Å². The normalized spacial score (nSPS) is 11.0. The van der Waals surface area contributed by atoms with E-state index in [1.54, 1.807) is 41.7 Å². The molecule has 0 aliphatic rings. The van der Waals surface area contributed by atoms with Crippen LogP contribution in [0.1, 0.15) is 15.9 Å². The van der Waals surface area contributed by atoms with Crippen LogP contribution in [-0.2, 0) is 11.2 Å². The molecule has 0 aliphatic heterocycles. The van der Waals surface area contributed by atoms with Crippen molar-refractivity contribution in [2.45, 2.75) is 12.6 Å². The van der Waals surface area contributed by atoms with Crippen molar-refractivity contribution < 1.29 is 22.8 Å². The molecule has 0 unspecified atom stereocenters. The summed E-state index contributed by atoms with van der Waals surface area (Å²) >= 11 is 0. The molecule has 0 fully saturated rings. The van der Waals surface area contributed by atoms with E-state index in [0.29, 0.717) is 16.8 Å². The zero-order valence-electron chi connectivity index (χ0n) is 12.4. The van der Waals surface area contributed by atoms with Gasteiger partial charge in [0.2, 0.25) is 5.91 Å². The number of nitrogens with zero attached hydrogens (tertiary/aromatic N) is 1. The lowest BCUT2D eigenvalue weighted by Crippen LogP contribution is -2.34. The van der Waals surface area contributed by atoms with Crippen LogP contribution in [0.3, 0.4) is 0 Å². The Hall–Kier alpha value is -2.90. The van der Waals surface area contributed by atoms with E-state index < -0.39 is 18.6 Å². The third kappa shape index (κ3) is 5.71. The van der Waals surface area contributed by atoms with Gasteiger partial charge in [-0.1, -0.05) is 12.1 Å². The van der Waals surface area contributed by atoms with Crippen LogP contribution in [0, 0.1) is 0 Å². The fourth-order valence-corrected chi connectivity index (χ4v) is 1.86. The number of carbonyl (C=O) groups is 2. The van der Waals surface area contributed by atoms with Crippen molar-refractivity contribution in [3.8, 4) is 0 Å². The second-order valence-electron chi connectivity index (χ2n) is 4.96. The van der Waals surface area contributed by atoms with E-state index in [1.807, 2.05) is 0 Å². The van der Waals surface area contributed by atoms with Crippen molar-refractivity contribution in [3.63, 3.8) is 0 Å². The molecule has 0 aliphatic carbocycles. The molecule has 0 bridgehead atoms. The Bertz CT molecular complexity index is 701. The molecule has 8 heteroatoms. The van der Waals surface area contributed by atoms with Crippen molar-refractivity contribution in [2.24, 2.45) is 0 Å². The highest BCUT2D eigenvalue weighted by Gasteiger charge is 2.27. The summed E-state index contributed by atoms with van der Waals surface area (Å²) in [5.41, 5.74) is 1.49. The molecule has 0 saturated heterocycles. The number of pyridine rings is 1. The maximum atomic E-state index is 12.0. The molecule has 5 nitrogen and oxygen atoms in total. The number of hydrogen-bond acceptors (Lipinski definition) is 3. The van der Waals surface area contributed by atoms with E-state index in [1.165, 1.54) is 12.4 Å². The van der Waals surface area contributed by atoms with Gasteiger partial charge in [0.15, 0.2) is 0 Å². The fourth-order valence-electron chi connectivity index (χ4n) is 1.86. The van der Waals surface area contributed by atoms with Gasteiger partial charge in [0.25, 0.3) is 5.91 Å². The molecule has 1 aromatic heterocycles. The van der Waals surface area contributed by atoms with Crippen LogP contribution in [0.5, 0.6) is 0 Å². The summed E-state index contributed by atoms with van der Waals surface area (Å²) in [6.07, 6.45) is -1.61. The van der Waals surface area contributed by atoms with Crippen LogP contribution in [0.25, 0.3) is 0 Å². The Morgan fingerprint density at radius 1 is 1.00 bits per heavy atom. The van der Waals surface area contributed by atoms with Crippen LogP contribution in [0.4, 0.5) is 18.9 Å². The molecule has 24 heavy (non-hydrogen) atoms. The van der Waals surface area contributed by atoms with Crippen LogP contribution >= 0.6 is 0 Å². The molecule has 0 spiro atoms. The number of amides is 2. The number of hydrogen-bond donors (Lipinski definition) is 2. The maximum Gasteiger partial charge on any atom is 0.405 e. The Morgan fingerprint density at radius 3 is 2.21 bits per heavy atom. The second-order valence-corrected chi connectivity index (χ2v) is 4.96. The average molecular weight is 337 g/mol. The average Bonchev–Trinajstić information content (AvgIpc) is 2.55. The highest BCUT2D eigenvalue weighted by atomic mass is 19.4. The highest BCUT2D eigenvalue weighted by Crippen LogP contribution is 2.14. The van der Waals surface area contributed by atoms with Crippen LogP contribution in [0.2, 0.25) is 0 Å². The largest absolute Gasteiger partial charge is 0.405 e. The molecular weight excluding hydrogens is 323 g/mol. The second kappa shape index (κ2) is 7.58. The molecule has 2 N–H and O–H groups in total. The quantitative estimate of drug-likeness (QED) is 0.881. The first-order valence-corrected chi connectivity index (χ1v) is 6.97. The summed E-state index contributed by atoms with van der Waals surface area (Å²) in [4.78, 5) is 27.2. The zero-order chi connectivity index (χ0) is 17.6. The Kier molecular flexibility index (Phi) is 5.51. The Morgan fingerprint density at radius 2 is 1.62 bits per heavy atom. The summed E-state index contributed by atoms with van der Waals surface area (Å²) in [5, 5.41) is 4.47. The number of benzene rings is 1. The molecular formula is C16H14F3N3O2. The van der Waals surface area contributed by atoms with E-state index in [-0.39, 0.29) is 12.3 Å². The van der Waals surface area contributed by atoms with Gasteiger partial charge in [0.1, 0.15) is 6.54 Å². The highest BCUT2D eigenvalue weighted by molar-refractivity contribution is 6.04. The van der Waals surface area contributed by atoms with Crippen molar-refractivity contribution >= 4 is 17.5 Å². The van der Waals surface area contributed by atoms with Gasteiger partial charge in [-0.2, -0.15) is 13.2 Å². The van der Waals surface area contributed by atoms with E-state index in [9.17, 15) is 22.8 Å². The Labute approximate surface area is 135 Å². The summed E-state index contributed by atoms with van der Waals surface area (Å²) < 4.78 is 36.0. The van der Waals surface area contributed by atoms with Crippen molar-refractivity contribution in [3.05, 3.63) is 59.9 Å². The number of carbonyl (C=O) groups excluding carboxylic acids is 2. The van der Waals surface area contributed by atoms with Crippen LogP contribution in [0.15, 0.2) is 48.8 Å². The zero-order valence-corrected chi connectivity index (χ0v) is 12.4. The van der Waals surface area contributed by atoms with Crippen molar-refractivity contribution in [1.82, 2.24) is 10.3 Å². The van der Waals surface area contributed by atoms with E-state index in [2.05, 4.69) is 10.3 Å². The molecule has 126 valence electrons. The number of alkyl halides is 3. The molecule has 0 saturated carbocycles. The topological polar surface area (TPSA) is 71.1 Å². The van der Waals surface area contributed by atoms with E-state index in [0.717, 1.165) is 0 Å². The molecule has 1 heterocycles. The monoisotopic (exact) mass is 337 g/mol. The van der Waals surface area contributed by atoms with E-state index >= 15 is 0 Å². The SMILES string of the molecule is O=C(Cc1ccc(NC(=O)c2ccncc2)cc1)NCC(F)(F)F. The molecule has 0 radical (unpaired) electrons. The third-order valence-corrected chi connectivity index (χ3v) is 3.00. The lowest BCUT2D eigenvalue weighted by Gasteiger charge is -2.09. The Balaban J connectivity index is 1.89. The van der Waals surface area contributed by atoms with Gasteiger partial charge in [0.05, 0.1) is 6.42 Å². The lowest BCUT2D eigenvalue weighted by atomic mass is 10.1. The number of anilines is 1. The molecule has 1 aromatic carbocycles. The number of halogens is 3.